The van der Waals surface area contributed by atoms with Crippen molar-refractivity contribution >= 4 is 40.5 Å². The maximum absolute atomic E-state index is 12.8. The molecule has 0 saturated carbocycles. The molecule has 0 atom stereocenters. The van der Waals surface area contributed by atoms with Gasteiger partial charge in [-0.05, 0) is 49.4 Å². The fourth-order valence-corrected chi connectivity index (χ4v) is 5.36. The first-order chi connectivity index (χ1) is 15.5. The summed E-state index contributed by atoms with van der Waals surface area (Å²) in [4.78, 5) is 51.5. The molecule has 0 radical (unpaired) electrons. The number of benzene rings is 2. The van der Waals surface area contributed by atoms with Gasteiger partial charge in [0.15, 0.2) is 18.2 Å². The third-order valence-corrected chi connectivity index (χ3v) is 6.91. The predicted molar refractivity (Wildman–Crippen MR) is 120 cm³/mol. The van der Waals surface area contributed by atoms with E-state index in [2.05, 4.69) is 5.32 Å². The highest BCUT2D eigenvalue weighted by Crippen LogP contribution is 2.31. The van der Waals surface area contributed by atoms with E-state index in [4.69, 9.17) is 4.74 Å². The Morgan fingerprint density at radius 1 is 0.906 bits per heavy atom. The van der Waals surface area contributed by atoms with Gasteiger partial charge < -0.3 is 10.1 Å². The van der Waals surface area contributed by atoms with Crippen LogP contribution in [0.4, 0.5) is 5.69 Å². The van der Waals surface area contributed by atoms with Crippen molar-refractivity contribution in [2.75, 3.05) is 11.9 Å². The maximum Gasteiger partial charge on any atom is 0.339 e. The molecule has 1 aromatic heterocycles. The topological polar surface area (TPSA) is 89.5 Å². The van der Waals surface area contributed by atoms with Crippen LogP contribution in [0.25, 0.3) is 0 Å². The summed E-state index contributed by atoms with van der Waals surface area (Å²) in [5.74, 6) is -1.50. The Hall–Kier alpha value is -3.58. The van der Waals surface area contributed by atoms with Crippen LogP contribution < -0.4 is 5.32 Å². The fourth-order valence-electron chi connectivity index (χ4n) is 4.25. The lowest BCUT2D eigenvalue weighted by Crippen LogP contribution is -2.23. The summed E-state index contributed by atoms with van der Waals surface area (Å²) < 4.78 is 5.22. The van der Waals surface area contributed by atoms with Crippen LogP contribution in [0.5, 0.6) is 0 Å². The van der Waals surface area contributed by atoms with E-state index in [0.717, 1.165) is 31.2 Å². The Kier molecular flexibility index (Phi) is 5.19. The molecule has 7 heteroatoms. The van der Waals surface area contributed by atoms with Crippen LogP contribution in [0.2, 0.25) is 0 Å². The minimum Gasteiger partial charge on any atom is -0.452 e. The Morgan fingerprint density at radius 3 is 2.38 bits per heavy atom. The van der Waals surface area contributed by atoms with E-state index >= 15 is 0 Å². The number of anilines is 1. The zero-order valence-corrected chi connectivity index (χ0v) is 17.9. The molecule has 2 aliphatic rings. The molecule has 32 heavy (non-hydrogen) atoms. The highest BCUT2D eigenvalue weighted by atomic mass is 32.1. The Bertz CT molecular complexity index is 1290. The van der Waals surface area contributed by atoms with E-state index < -0.39 is 18.5 Å². The molecule has 1 heterocycles. The molecule has 6 nitrogen and oxygen atoms in total. The first-order valence-electron chi connectivity index (χ1n) is 10.4. The SMILES string of the molecule is O=C(COC(=O)c1csc2c1CCCC2)Nc1ccc2c(c1)C(=O)c1ccccc1C2=O. The second kappa shape index (κ2) is 8.16. The van der Waals surface area contributed by atoms with Crippen LogP contribution in [-0.4, -0.2) is 30.0 Å². The molecular weight excluding hydrogens is 426 g/mol. The molecule has 5 rings (SSSR count). The van der Waals surface area contributed by atoms with Crippen LogP contribution in [0.1, 0.15) is 65.5 Å². The van der Waals surface area contributed by atoms with Gasteiger partial charge in [-0.2, -0.15) is 0 Å². The molecule has 0 spiro atoms. The van der Waals surface area contributed by atoms with Gasteiger partial charge in [0.25, 0.3) is 5.91 Å². The molecule has 2 aliphatic carbocycles. The lowest BCUT2D eigenvalue weighted by atomic mass is 9.84. The predicted octanol–water partition coefficient (Wildman–Crippen LogP) is 4.20. The minimum absolute atomic E-state index is 0.221. The molecule has 0 saturated heterocycles. The van der Waals surface area contributed by atoms with Crippen molar-refractivity contribution in [2.45, 2.75) is 25.7 Å². The smallest absolute Gasteiger partial charge is 0.339 e. The van der Waals surface area contributed by atoms with Crippen molar-refractivity contribution in [1.29, 1.82) is 0 Å². The number of hydrogen-bond acceptors (Lipinski definition) is 6. The number of carbonyl (C=O) groups is 4. The summed E-state index contributed by atoms with van der Waals surface area (Å²) >= 11 is 1.56. The number of hydrogen-bond donors (Lipinski definition) is 1. The van der Waals surface area contributed by atoms with E-state index in [0.29, 0.717) is 27.9 Å². The van der Waals surface area contributed by atoms with Crippen molar-refractivity contribution < 1.29 is 23.9 Å². The second-order valence-corrected chi connectivity index (χ2v) is 8.81. The quantitative estimate of drug-likeness (QED) is 0.476. The first-order valence-corrected chi connectivity index (χ1v) is 11.3. The van der Waals surface area contributed by atoms with Crippen molar-refractivity contribution in [2.24, 2.45) is 0 Å². The van der Waals surface area contributed by atoms with Gasteiger partial charge in [0.2, 0.25) is 0 Å². The van der Waals surface area contributed by atoms with Crippen molar-refractivity contribution in [3.63, 3.8) is 0 Å². The Balaban J connectivity index is 1.27. The number of rotatable bonds is 4. The highest BCUT2D eigenvalue weighted by Gasteiger charge is 2.29. The van der Waals surface area contributed by atoms with E-state index in [-0.39, 0.29) is 17.1 Å². The molecule has 0 bridgehead atoms. The molecule has 160 valence electrons. The number of nitrogens with one attached hydrogen (secondary N) is 1. The van der Waals surface area contributed by atoms with Crippen LogP contribution in [0.15, 0.2) is 47.8 Å². The van der Waals surface area contributed by atoms with Gasteiger partial charge in [0.1, 0.15) is 0 Å². The van der Waals surface area contributed by atoms with Crippen molar-refractivity contribution in [3.05, 3.63) is 86.1 Å². The van der Waals surface area contributed by atoms with Gasteiger partial charge in [-0.1, -0.05) is 24.3 Å². The number of ether oxygens (including phenoxy) is 1. The van der Waals surface area contributed by atoms with Crippen LogP contribution >= 0.6 is 11.3 Å². The molecule has 0 fully saturated rings. The number of ketones is 2. The number of carbonyl (C=O) groups excluding carboxylic acids is 4. The molecule has 3 aromatic rings. The Labute approximate surface area is 188 Å². The molecule has 1 amide bonds. The van der Waals surface area contributed by atoms with Gasteiger partial charge in [-0.3, -0.25) is 14.4 Å². The number of thiophene rings is 1. The van der Waals surface area contributed by atoms with Gasteiger partial charge in [0.05, 0.1) is 5.56 Å². The monoisotopic (exact) mass is 445 g/mol. The largest absolute Gasteiger partial charge is 0.452 e. The zero-order chi connectivity index (χ0) is 22.2. The van der Waals surface area contributed by atoms with Gasteiger partial charge in [-0.15, -0.1) is 11.3 Å². The maximum atomic E-state index is 12.8. The Morgan fingerprint density at radius 2 is 1.59 bits per heavy atom. The number of aryl methyl sites for hydroxylation is 1. The van der Waals surface area contributed by atoms with Gasteiger partial charge in [-0.25, -0.2) is 4.79 Å². The zero-order valence-electron chi connectivity index (χ0n) is 17.1. The summed E-state index contributed by atoms with van der Waals surface area (Å²) in [7, 11) is 0. The summed E-state index contributed by atoms with van der Waals surface area (Å²) in [6.45, 7) is -0.434. The fraction of sp³-hybridized carbons (Fsp3) is 0.200. The lowest BCUT2D eigenvalue weighted by Gasteiger charge is -2.18. The average Bonchev–Trinajstić information content (AvgIpc) is 3.25. The van der Waals surface area contributed by atoms with E-state index in [1.807, 2.05) is 0 Å². The molecule has 2 aromatic carbocycles. The second-order valence-electron chi connectivity index (χ2n) is 7.85. The van der Waals surface area contributed by atoms with E-state index in [9.17, 15) is 19.2 Å². The minimum atomic E-state index is -0.516. The van der Waals surface area contributed by atoms with E-state index in [1.54, 1.807) is 47.0 Å². The highest BCUT2D eigenvalue weighted by molar-refractivity contribution is 7.10. The summed E-state index contributed by atoms with van der Waals surface area (Å²) in [6, 6.07) is 11.3. The third kappa shape index (κ3) is 3.54. The van der Waals surface area contributed by atoms with Crippen molar-refractivity contribution in [1.82, 2.24) is 0 Å². The van der Waals surface area contributed by atoms with Crippen molar-refractivity contribution in [3.8, 4) is 0 Å². The van der Waals surface area contributed by atoms with Crippen LogP contribution in [0.3, 0.4) is 0 Å². The van der Waals surface area contributed by atoms with Gasteiger partial charge >= 0.3 is 5.97 Å². The standard InChI is InChI=1S/C25H19NO5S/c27-22(12-31-25(30)20-13-32-21-8-4-3-5-15(20)21)26-14-9-10-18-19(11-14)24(29)17-7-2-1-6-16(17)23(18)28/h1-2,6-7,9-11,13H,3-5,8,12H2,(H,26,27). The molecule has 0 unspecified atom stereocenters. The summed E-state index contributed by atoms with van der Waals surface area (Å²) in [6.07, 6.45) is 4.03. The van der Waals surface area contributed by atoms with Gasteiger partial charge in [0, 0.05) is 38.2 Å². The molecule has 1 N–H and O–H groups in total. The first kappa shape index (κ1) is 20.3. The number of amides is 1. The van der Waals surface area contributed by atoms with Crippen LogP contribution in [0, 0.1) is 0 Å². The third-order valence-electron chi connectivity index (χ3n) is 5.82. The van der Waals surface area contributed by atoms with E-state index in [1.165, 1.54) is 17.0 Å². The average molecular weight is 445 g/mol. The number of esters is 1. The van der Waals surface area contributed by atoms with Crippen LogP contribution in [-0.2, 0) is 22.4 Å². The summed E-state index contributed by atoms with van der Waals surface area (Å²) in [5.41, 5.74) is 3.23. The lowest BCUT2D eigenvalue weighted by molar-refractivity contribution is -0.119. The molecular formula is C25H19NO5S. The number of fused-ring (bicyclic) bond motifs is 3. The molecule has 0 aliphatic heterocycles. The normalized spacial score (nSPS) is 14.2. The summed E-state index contributed by atoms with van der Waals surface area (Å²) in [5, 5.41) is 4.44.